The quantitative estimate of drug-likeness (QED) is 0.160. The topological polar surface area (TPSA) is 99.0 Å². The van der Waals surface area contributed by atoms with Gasteiger partial charge in [0.05, 0.1) is 22.3 Å². The molecule has 0 aromatic heterocycles. The van der Waals surface area contributed by atoms with Crippen molar-refractivity contribution in [2.45, 2.75) is 63.9 Å². The van der Waals surface area contributed by atoms with E-state index in [4.69, 9.17) is 9.16 Å². The number of nitro benzene ring substituents is 1. The van der Waals surface area contributed by atoms with Crippen molar-refractivity contribution in [1.82, 2.24) is 4.90 Å². The van der Waals surface area contributed by atoms with E-state index < -0.39 is 30.5 Å². The summed E-state index contributed by atoms with van der Waals surface area (Å²) in [6.07, 6.45) is -0.284. The molecule has 0 spiro atoms. The number of β-lactam (4-membered cyclic amide) rings is 1. The summed E-state index contributed by atoms with van der Waals surface area (Å²) in [5.74, 6) is -1.13. The molecule has 1 amide bonds. The lowest BCUT2D eigenvalue weighted by Gasteiger charge is -2.49. The Balaban J connectivity index is 1.86. The van der Waals surface area contributed by atoms with Crippen molar-refractivity contribution in [3.8, 4) is 0 Å². The number of esters is 1. The molecule has 0 radical (unpaired) electrons. The molecule has 1 fully saturated rings. The predicted molar refractivity (Wildman–Crippen MR) is 119 cm³/mol. The van der Waals surface area contributed by atoms with Gasteiger partial charge in [-0.2, -0.15) is 12.6 Å². The van der Waals surface area contributed by atoms with Crippen molar-refractivity contribution in [2.24, 2.45) is 5.92 Å². The monoisotopic (exact) mass is 454 g/mol. The molecule has 30 heavy (non-hydrogen) atoms. The van der Waals surface area contributed by atoms with E-state index in [0.717, 1.165) is 0 Å². The number of nitro groups is 1. The van der Waals surface area contributed by atoms with Crippen molar-refractivity contribution in [1.29, 1.82) is 0 Å². The zero-order chi connectivity index (χ0) is 22.9. The number of nitrogens with zero attached hydrogens (tertiary/aromatic N) is 2. The molecule has 8 nitrogen and oxygen atoms in total. The highest BCUT2D eigenvalue weighted by Gasteiger charge is 2.51. The second kappa shape index (κ2) is 9.07. The van der Waals surface area contributed by atoms with E-state index in [2.05, 4.69) is 46.5 Å². The molecule has 1 aliphatic heterocycles. The number of carbonyl (C=O) groups excluding carboxylic acids is 2. The predicted octanol–water partition coefficient (Wildman–Crippen LogP) is 3.76. The number of thiol groups is 1. The highest BCUT2D eigenvalue weighted by atomic mass is 32.1. The third-order valence-electron chi connectivity index (χ3n) is 5.85. The molecule has 166 valence electrons. The van der Waals surface area contributed by atoms with Gasteiger partial charge >= 0.3 is 5.97 Å². The van der Waals surface area contributed by atoms with E-state index in [1.165, 1.54) is 29.2 Å². The molecular formula is C20H30N2O6SSi. The van der Waals surface area contributed by atoms with Gasteiger partial charge in [0, 0.05) is 12.1 Å². The Bertz CT molecular complexity index is 809. The Hall–Kier alpha value is -1.91. The number of hydrogen-bond donors (Lipinski definition) is 1. The molecule has 0 bridgehead atoms. The van der Waals surface area contributed by atoms with Crippen molar-refractivity contribution in [3.05, 3.63) is 39.9 Å². The first-order chi connectivity index (χ1) is 13.7. The largest absolute Gasteiger partial charge is 0.459 e. The molecule has 10 heteroatoms. The average Bonchev–Trinajstić information content (AvgIpc) is 2.63. The molecule has 0 aliphatic carbocycles. The number of ether oxygens (including phenoxy) is 1. The summed E-state index contributed by atoms with van der Waals surface area (Å²) in [4.78, 5) is 36.3. The van der Waals surface area contributed by atoms with Gasteiger partial charge in [-0.05, 0) is 42.8 Å². The van der Waals surface area contributed by atoms with Crippen LogP contribution >= 0.6 is 12.6 Å². The molecule has 1 aromatic rings. The van der Waals surface area contributed by atoms with Gasteiger partial charge in [-0.15, -0.1) is 0 Å². The van der Waals surface area contributed by atoms with E-state index in [9.17, 15) is 19.7 Å². The summed E-state index contributed by atoms with van der Waals surface area (Å²) < 4.78 is 11.5. The van der Waals surface area contributed by atoms with E-state index >= 15 is 0 Å². The number of rotatable bonds is 8. The van der Waals surface area contributed by atoms with Gasteiger partial charge in [-0.1, -0.05) is 20.8 Å². The van der Waals surface area contributed by atoms with Gasteiger partial charge in [-0.3, -0.25) is 19.7 Å². The van der Waals surface area contributed by atoms with Crippen LogP contribution in [0.4, 0.5) is 5.69 Å². The van der Waals surface area contributed by atoms with Crippen molar-refractivity contribution in [2.75, 3.05) is 6.54 Å². The summed E-state index contributed by atoms with van der Waals surface area (Å²) in [6, 6.07) is 5.75. The van der Waals surface area contributed by atoms with Gasteiger partial charge in [0.15, 0.2) is 8.32 Å². The fraction of sp³-hybridized carbons (Fsp3) is 0.600. The highest BCUT2D eigenvalue weighted by molar-refractivity contribution is 7.81. The average molecular weight is 455 g/mol. The maximum Gasteiger partial charge on any atom is 0.326 e. The molecule has 0 N–H and O–H groups in total. The number of amides is 1. The lowest BCUT2D eigenvalue weighted by atomic mass is 9.93. The normalized spacial score (nSPS) is 20.5. The second-order valence-electron chi connectivity index (χ2n) is 9.07. The molecule has 0 unspecified atom stereocenters. The number of non-ortho nitro benzene ring substituents is 1. The molecule has 3 atom stereocenters. The Labute approximate surface area is 183 Å². The number of likely N-dealkylation sites (tertiary alicyclic amines) is 1. The fourth-order valence-corrected chi connectivity index (χ4v) is 4.95. The second-order valence-corrected chi connectivity index (χ2v) is 14.4. The van der Waals surface area contributed by atoms with Crippen LogP contribution < -0.4 is 0 Å². The molecule has 1 heterocycles. The molecule has 1 saturated heterocycles. The minimum absolute atomic E-state index is 0.0234. The first-order valence-electron chi connectivity index (χ1n) is 9.80. The van der Waals surface area contributed by atoms with Crippen LogP contribution in [-0.2, 0) is 25.4 Å². The highest BCUT2D eigenvalue weighted by Crippen LogP contribution is 2.41. The Morgan fingerprint density at radius 1 is 1.30 bits per heavy atom. The lowest BCUT2D eigenvalue weighted by Crippen LogP contribution is -2.64. The number of benzene rings is 1. The molecule has 0 saturated carbocycles. The molecule has 2 rings (SSSR count). The summed E-state index contributed by atoms with van der Waals surface area (Å²) >= 11 is 4.51. The van der Waals surface area contributed by atoms with Gasteiger partial charge in [0.25, 0.3) is 5.69 Å². The molecule has 1 aromatic carbocycles. The third kappa shape index (κ3) is 5.41. The summed E-state index contributed by atoms with van der Waals surface area (Å²) in [5, 5.41) is 10.3. The van der Waals surface area contributed by atoms with E-state index in [1.54, 1.807) is 0 Å². The van der Waals surface area contributed by atoms with Crippen LogP contribution in [-0.4, -0.2) is 48.0 Å². The van der Waals surface area contributed by atoms with Crippen molar-refractivity contribution < 1.29 is 23.7 Å². The number of carbonyl (C=O) groups is 2. The van der Waals surface area contributed by atoms with Crippen LogP contribution in [0.15, 0.2) is 24.3 Å². The minimum atomic E-state index is -2.03. The summed E-state index contributed by atoms with van der Waals surface area (Å²) in [6.45, 7) is 12.4. The minimum Gasteiger partial charge on any atom is -0.459 e. The van der Waals surface area contributed by atoms with E-state index in [-0.39, 0.29) is 35.9 Å². The van der Waals surface area contributed by atoms with Crippen LogP contribution in [0.25, 0.3) is 0 Å². The van der Waals surface area contributed by atoms with Crippen molar-refractivity contribution >= 4 is 38.5 Å². The Morgan fingerprint density at radius 2 is 1.87 bits per heavy atom. The van der Waals surface area contributed by atoms with Gasteiger partial charge < -0.3 is 14.1 Å². The van der Waals surface area contributed by atoms with Crippen LogP contribution in [0, 0.1) is 16.0 Å². The SMILES string of the molecule is C[C@@H](O[Si](C)(C)C(C)(C)C)[C@H]1C(=O)N(CC(=O)OCc2ccc([N+](=O)[O-])cc2)[C@@H]1S. The Morgan fingerprint density at radius 3 is 2.33 bits per heavy atom. The van der Waals surface area contributed by atoms with Gasteiger partial charge in [0.2, 0.25) is 5.91 Å². The van der Waals surface area contributed by atoms with Crippen LogP contribution in [0.3, 0.4) is 0 Å². The molecular weight excluding hydrogens is 424 g/mol. The lowest BCUT2D eigenvalue weighted by molar-refractivity contribution is -0.384. The Kier molecular flexibility index (Phi) is 7.36. The third-order valence-corrected chi connectivity index (χ3v) is 11.0. The zero-order valence-corrected chi connectivity index (χ0v) is 20.1. The standard InChI is InChI=1S/C20H30N2O6SSi/c1-13(28-30(5,6)20(2,3)4)17-18(24)21(19(17)29)11-16(23)27-12-14-7-9-15(10-8-14)22(25)26/h7-10,13,17,19,29H,11-12H2,1-6H3/t13-,17+,19-/m1/s1. The fourth-order valence-electron chi connectivity index (χ4n) is 2.95. The summed E-state index contributed by atoms with van der Waals surface area (Å²) in [7, 11) is -2.03. The zero-order valence-electron chi connectivity index (χ0n) is 18.2. The van der Waals surface area contributed by atoms with E-state index in [0.29, 0.717) is 5.56 Å². The smallest absolute Gasteiger partial charge is 0.326 e. The molecule has 1 aliphatic rings. The van der Waals surface area contributed by atoms with Gasteiger partial charge in [-0.25, -0.2) is 0 Å². The first-order valence-corrected chi connectivity index (χ1v) is 13.2. The maximum absolute atomic E-state index is 12.6. The summed E-state index contributed by atoms with van der Waals surface area (Å²) in [5.41, 5.74) is 0.592. The van der Waals surface area contributed by atoms with E-state index in [1.807, 2.05) is 6.92 Å². The van der Waals surface area contributed by atoms with Crippen LogP contribution in [0.1, 0.15) is 33.3 Å². The first kappa shape index (κ1) is 24.4. The van der Waals surface area contributed by atoms with Crippen LogP contribution in [0.5, 0.6) is 0 Å². The number of hydrogen-bond acceptors (Lipinski definition) is 7. The van der Waals surface area contributed by atoms with Gasteiger partial charge in [0.1, 0.15) is 13.2 Å². The maximum atomic E-state index is 12.6. The van der Waals surface area contributed by atoms with Crippen molar-refractivity contribution in [3.63, 3.8) is 0 Å². The van der Waals surface area contributed by atoms with Crippen LogP contribution in [0.2, 0.25) is 18.1 Å².